The second-order valence-corrected chi connectivity index (χ2v) is 8.86. The first-order valence-corrected chi connectivity index (χ1v) is 12.1. The van der Waals surface area contributed by atoms with Gasteiger partial charge in [0.2, 0.25) is 5.91 Å². The smallest absolute Gasteiger partial charge is 0.253 e. The van der Waals surface area contributed by atoms with Crippen LogP contribution in [0.25, 0.3) is 0 Å². The second kappa shape index (κ2) is 12.3. The van der Waals surface area contributed by atoms with E-state index in [4.69, 9.17) is 0 Å². The van der Waals surface area contributed by atoms with Crippen LogP contribution in [0, 0.1) is 17.7 Å². The summed E-state index contributed by atoms with van der Waals surface area (Å²) in [7, 11) is 0. The van der Waals surface area contributed by atoms with Crippen molar-refractivity contribution >= 4 is 17.5 Å². The van der Waals surface area contributed by atoms with Gasteiger partial charge < -0.3 is 9.80 Å². The van der Waals surface area contributed by atoms with Crippen LogP contribution in [0.3, 0.4) is 0 Å². The lowest BCUT2D eigenvalue weighted by molar-refractivity contribution is -0.118. The lowest BCUT2D eigenvalue weighted by atomic mass is 10.1. The van der Waals surface area contributed by atoms with Crippen LogP contribution in [0.4, 0.5) is 10.1 Å². The summed E-state index contributed by atoms with van der Waals surface area (Å²) in [5, 5.41) is 0. The van der Waals surface area contributed by atoms with Crippen LogP contribution in [-0.4, -0.2) is 60.4 Å². The molecule has 0 unspecified atom stereocenters. The number of unbranched alkanes of at least 4 members (excludes halogenated alkanes) is 1. The van der Waals surface area contributed by atoms with E-state index < -0.39 is 0 Å². The number of amides is 2. The van der Waals surface area contributed by atoms with E-state index in [0.717, 1.165) is 44.6 Å². The Bertz CT molecular complexity index is 1030. The SMILES string of the molecule is CCCCC(=O)N(CC#Cc1cccc(C(=O)N2CCN(C(C)C)CC2)c1)c1ccc(F)cc1. The van der Waals surface area contributed by atoms with Crippen LogP contribution in [0.5, 0.6) is 0 Å². The van der Waals surface area contributed by atoms with Gasteiger partial charge in [0.05, 0.1) is 6.54 Å². The molecule has 1 aliphatic heterocycles. The van der Waals surface area contributed by atoms with Crippen LogP contribution in [-0.2, 0) is 4.79 Å². The number of piperazine rings is 1. The molecule has 6 heteroatoms. The molecule has 34 heavy (non-hydrogen) atoms. The molecule has 180 valence electrons. The van der Waals surface area contributed by atoms with Crippen LogP contribution in [0.1, 0.15) is 56.0 Å². The lowest BCUT2D eigenvalue weighted by Crippen LogP contribution is -2.50. The molecule has 2 aromatic carbocycles. The number of rotatable bonds is 7. The van der Waals surface area contributed by atoms with Crippen molar-refractivity contribution in [3.63, 3.8) is 0 Å². The Labute approximate surface area is 202 Å². The van der Waals surface area contributed by atoms with Gasteiger partial charge in [-0.3, -0.25) is 14.5 Å². The molecule has 0 N–H and O–H groups in total. The zero-order valence-electron chi connectivity index (χ0n) is 20.4. The van der Waals surface area contributed by atoms with E-state index in [1.165, 1.54) is 12.1 Å². The first kappa shape index (κ1) is 25.5. The third kappa shape index (κ3) is 6.91. The average Bonchev–Trinajstić information content (AvgIpc) is 2.85. The van der Waals surface area contributed by atoms with E-state index in [9.17, 15) is 14.0 Å². The molecule has 2 aromatic rings. The first-order chi connectivity index (χ1) is 16.4. The highest BCUT2D eigenvalue weighted by Crippen LogP contribution is 2.17. The number of carbonyl (C=O) groups excluding carboxylic acids is 2. The number of anilines is 1. The molecule has 0 radical (unpaired) electrons. The summed E-state index contributed by atoms with van der Waals surface area (Å²) in [5.74, 6) is 5.80. The highest BCUT2D eigenvalue weighted by Gasteiger charge is 2.23. The summed E-state index contributed by atoms with van der Waals surface area (Å²) in [5.41, 5.74) is 1.98. The molecule has 1 saturated heterocycles. The summed E-state index contributed by atoms with van der Waals surface area (Å²) in [6, 6.07) is 13.7. The molecule has 1 aliphatic rings. The molecule has 0 saturated carbocycles. The molecule has 0 aromatic heterocycles. The third-order valence-corrected chi connectivity index (χ3v) is 6.09. The fourth-order valence-corrected chi connectivity index (χ4v) is 3.98. The summed E-state index contributed by atoms with van der Waals surface area (Å²) < 4.78 is 13.4. The minimum absolute atomic E-state index is 0.0229. The number of hydrogen-bond acceptors (Lipinski definition) is 3. The summed E-state index contributed by atoms with van der Waals surface area (Å²) in [4.78, 5) is 31.6. The topological polar surface area (TPSA) is 43.9 Å². The van der Waals surface area contributed by atoms with Gasteiger partial charge in [-0.15, -0.1) is 0 Å². The number of halogens is 1. The van der Waals surface area contributed by atoms with Crippen LogP contribution >= 0.6 is 0 Å². The molecular weight excluding hydrogens is 429 g/mol. The Morgan fingerprint density at radius 3 is 2.41 bits per heavy atom. The molecule has 0 atom stereocenters. The van der Waals surface area contributed by atoms with Crippen molar-refractivity contribution in [2.24, 2.45) is 0 Å². The molecule has 0 spiro atoms. The number of carbonyl (C=O) groups is 2. The predicted molar refractivity (Wildman–Crippen MR) is 134 cm³/mol. The van der Waals surface area contributed by atoms with Gasteiger partial charge in [0.25, 0.3) is 5.91 Å². The van der Waals surface area contributed by atoms with Crippen molar-refractivity contribution in [3.05, 3.63) is 65.5 Å². The van der Waals surface area contributed by atoms with E-state index in [0.29, 0.717) is 23.7 Å². The second-order valence-electron chi connectivity index (χ2n) is 8.86. The van der Waals surface area contributed by atoms with Gasteiger partial charge in [0, 0.05) is 55.5 Å². The molecule has 2 amide bonds. The van der Waals surface area contributed by atoms with E-state index in [1.807, 2.05) is 36.1 Å². The largest absolute Gasteiger partial charge is 0.336 e. The number of nitrogens with zero attached hydrogens (tertiary/aromatic N) is 3. The third-order valence-electron chi connectivity index (χ3n) is 6.09. The Morgan fingerprint density at radius 2 is 1.76 bits per heavy atom. The summed E-state index contributed by atoms with van der Waals surface area (Å²) in [6.45, 7) is 9.79. The number of hydrogen-bond donors (Lipinski definition) is 0. The zero-order valence-corrected chi connectivity index (χ0v) is 20.4. The highest BCUT2D eigenvalue weighted by atomic mass is 19.1. The monoisotopic (exact) mass is 463 g/mol. The zero-order chi connectivity index (χ0) is 24.5. The fraction of sp³-hybridized carbons (Fsp3) is 0.429. The molecule has 0 aliphatic carbocycles. The van der Waals surface area contributed by atoms with Crippen molar-refractivity contribution < 1.29 is 14.0 Å². The van der Waals surface area contributed by atoms with Gasteiger partial charge in [-0.25, -0.2) is 4.39 Å². The summed E-state index contributed by atoms with van der Waals surface area (Å²) in [6.07, 6.45) is 2.13. The van der Waals surface area contributed by atoms with Crippen molar-refractivity contribution in [1.29, 1.82) is 0 Å². The average molecular weight is 464 g/mol. The predicted octanol–water partition coefficient (Wildman–Crippen LogP) is 4.57. The highest BCUT2D eigenvalue weighted by molar-refractivity contribution is 5.95. The Balaban J connectivity index is 1.69. The van der Waals surface area contributed by atoms with Gasteiger partial charge in [-0.05, 0) is 62.7 Å². The molecular formula is C28H34FN3O2. The van der Waals surface area contributed by atoms with Crippen LogP contribution in [0.2, 0.25) is 0 Å². The maximum Gasteiger partial charge on any atom is 0.253 e. The molecule has 5 nitrogen and oxygen atoms in total. The van der Waals surface area contributed by atoms with Crippen molar-refractivity contribution in [2.45, 2.75) is 46.1 Å². The molecule has 1 fully saturated rings. The summed E-state index contributed by atoms with van der Waals surface area (Å²) >= 11 is 0. The molecule has 0 bridgehead atoms. The Hall–Kier alpha value is -3.17. The minimum atomic E-state index is -0.345. The maximum absolute atomic E-state index is 13.4. The normalized spacial score (nSPS) is 14.0. The van der Waals surface area contributed by atoms with Gasteiger partial charge in [-0.1, -0.05) is 31.3 Å². The van der Waals surface area contributed by atoms with E-state index in [1.54, 1.807) is 17.0 Å². The fourth-order valence-electron chi connectivity index (χ4n) is 3.98. The van der Waals surface area contributed by atoms with Crippen molar-refractivity contribution in [1.82, 2.24) is 9.80 Å². The molecule has 1 heterocycles. The Morgan fingerprint density at radius 1 is 1.06 bits per heavy atom. The maximum atomic E-state index is 13.4. The Kier molecular flexibility index (Phi) is 9.24. The number of benzene rings is 2. The molecule has 3 rings (SSSR count). The first-order valence-electron chi connectivity index (χ1n) is 12.1. The lowest BCUT2D eigenvalue weighted by Gasteiger charge is -2.37. The van der Waals surface area contributed by atoms with Gasteiger partial charge in [0.1, 0.15) is 5.82 Å². The van der Waals surface area contributed by atoms with Gasteiger partial charge in [-0.2, -0.15) is 0 Å². The van der Waals surface area contributed by atoms with Crippen molar-refractivity contribution in [2.75, 3.05) is 37.6 Å². The van der Waals surface area contributed by atoms with Crippen molar-refractivity contribution in [3.8, 4) is 11.8 Å². The van der Waals surface area contributed by atoms with Crippen LogP contribution in [0.15, 0.2) is 48.5 Å². The van der Waals surface area contributed by atoms with E-state index in [-0.39, 0.29) is 24.2 Å². The van der Waals surface area contributed by atoms with E-state index >= 15 is 0 Å². The van der Waals surface area contributed by atoms with Crippen LogP contribution < -0.4 is 4.90 Å². The van der Waals surface area contributed by atoms with E-state index in [2.05, 4.69) is 30.6 Å². The quantitative estimate of drug-likeness (QED) is 0.565. The van der Waals surface area contributed by atoms with Gasteiger partial charge >= 0.3 is 0 Å². The standard InChI is InChI=1S/C28H34FN3O2/c1-4-5-11-27(33)32(26-14-12-25(29)13-15-26)16-7-9-23-8-6-10-24(21-23)28(34)31-19-17-30(18-20-31)22(2)3/h6,8,10,12-15,21-22H,4-5,11,16-20H2,1-3H3. The minimum Gasteiger partial charge on any atom is -0.336 e. The van der Waals surface area contributed by atoms with Gasteiger partial charge in [0.15, 0.2) is 0 Å².